The highest BCUT2D eigenvalue weighted by molar-refractivity contribution is 8.02. The first kappa shape index (κ1) is 10.9. The van der Waals surface area contributed by atoms with E-state index in [1.165, 1.54) is 25.9 Å². The van der Waals surface area contributed by atoms with Crippen molar-refractivity contribution < 1.29 is 0 Å². The number of hydrogen-bond acceptors (Lipinski definition) is 3. The smallest absolute Gasteiger partial charge is 0.0799 e. The molecule has 0 spiro atoms. The third kappa shape index (κ3) is 3.24. The Kier molecular flexibility index (Phi) is 5.32. The molecule has 0 aromatic heterocycles. The van der Waals surface area contributed by atoms with E-state index in [2.05, 4.69) is 22.2 Å². The molecule has 13 heavy (non-hydrogen) atoms. The zero-order valence-corrected chi connectivity index (χ0v) is 9.36. The molecule has 2 heterocycles. The van der Waals surface area contributed by atoms with E-state index in [-0.39, 0.29) is 0 Å². The first-order valence-corrected chi connectivity index (χ1v) is 6.18. The summed E-state index contributed by atoms with van der Waals surface area (Å²) in [5.74, 6) is 0.823. The van der Waals surface area contributed by atoms with Crippen molar-refractivity contribution in [2.24, 2.45) is 5.92 Å². The minimum Gasteiger partial charge on any atom is -0.378 e. The summed E-state index contributed by atoms with van der Waals surface area (Å²) in [4.78, 5) is 0. The molecule has 2 atom stereocenters. The molecule has 0 saturated carbocycles. The van der Waals surface area contributed by atoms with Crippen molar-refractivity contribution in [2.75, 3.05) is 13.1 Å². The van der Waals surface area contributed by atoms with Gasteiger partial charge in [0.05, 0.1) is 5.37 Å². The van der Waals surface area contributed by atoms with Crippen LogP contribution in [0.1, 0.15) is 26.7 Å². The molecule has 2 aliphatic heterocycles. The van der Waals surface area contributed by atoms with Crippen LogP contribution in [0.25, 0.3) is 0 Å². The van der Waals surface area contributed by atoms with Gasteiger partial charge in [-0.05, 0) is 24.8 Å². The fourth-order valence-corrected chi connectivity index (χ4v) is 2.62. The van der Waals surface area contributed by atoms with E-state index in [1.54, 1.807) is 0 Å². The summed E-state index contributed by atoms with van der Waals surface area (Å²) >= 11 is 1.92. The van der Waals surface area contributed by atoms with Gasteiger partial charge in [0.1, 0.15) is 0 Å². The summed E-state index contributed by atoms with van der Waals surface area (Å²) in [7, 11) is 0. The molecule has 2 rings (SSSR count). The zero-order chi connectivity index (χ0) is 9.52. The molecule has 2 aliphatic rings. The SMILES string of the molecule is C1=CSC([C@@H]2CCCNC2)N1.CC. The molecule has 0 radical (unpaired) electrons. The second-order valence-corrected chi connectivity index (χ2v) is 4.18. The van der Waals surface area contributed by atoms with Crippen molar-refractivity contribution in [3.8, 4) is 0 Å². The van der Waals surface area contributed by atoms with E-state index in [4.69, 9.17) is 0 Å². The minimum absolute atomic E-state index is 0.641. The Balaban J connectivity index is 0.000000396. The molecule has 2 nitrogen and oxygen atoms in total. The second-order valence-electron chi connectivity index (χ2n) is 3.13. The predicted molar refractivity (Wildman–Crippen MR) is 60.6 cm³/mol. The van der Waals surface area contributed by atoms with Crippen molar-refractivity contribution in [3.63, 3.8) is 0 Å². The first-order valence-electron chi connectivity index (χ1n) is 5.24. The van der Waals surface area contributed by atoms with Gasteiger partial charge in [0.25, 0.3) is 0 Å². The summed E-state index contributed by atoms with van der Waals surface area (Å²) in [5, 5.41) is 9.59. The van der Waals surface area contributed by atoms with E-state index in [0.717, 1.165) is 5.92 Å². The summed E-state index contributed by atoms with van der Waals surface area (Å²) in [6.45, 7) is 6.40. The van der Waals surface area contributed by atoms with Gasteiger partial charge >= 0.3 is 0 Å². The summed E-state index contributed by atoms with van der Waals surface area (Å²) in [5.41, 5.74) is 0. The standard InChI is InChI=1S/C8H14N2S.C2H6/c1-2-7(6-9-3-1)8-10-4-5-11-8;1-2/h4-5,7-10H,1-3,6H2;1-2H3/t7-,8?;/m1./s1. The monoisotopic (exact) mass is 200 g/mol. The molecule has 1 unspecified atom stereocenters. The quantitative estimate of drug-likeness (QED) is 0.678. The highest BCUT2D eigenvalue weighted by Gasteiger charge is 2.23. The van der Waals surface area contributed by atoms with Crippen molar-refractivity contribution >= 4 is 11.8 Å². The Bertz CT molecular complexity index is 145. The molecule has 0 aromatic carbocycles. The highest BCUT2D eigenvalue weighted by Crippen LogP contribution is 2.26. The Hall–Kier alpha value is -0.150. The number of nitrogens with one attached hydrogen (secondary N) is 2. The maximum Gasteiger partial charge on any atom is 0.0799 e. The number of rotatable bonds is 1. The lowest BCUT2D eigenvalue weighted by Crippen LogP contribution is -2.39. The molecule has 3 heteroatoms. The summed E-state index contributed by atoms with van der Waals surface area (Å²) in [6.07, 6.45) is 4.77. The van der Waals surface area contributed by atoms with Gasteiger partial charge in [-0.3, -0.25) is 0 Å². The van der Waals surface area contributed by atoms with Crippen LogP contribution < -0.4 is 10.6 Å². The lowest BCUT2D eigenvalue weighted by Gasteiger charge is -2.27. The summed E-state index contributed by atoms with van der Waals surface area (Å²) in [6, 6.07) is 0. The van der Waals surface area contributed by atoms with Crippen LogP contribution in [0.2, 0.25) is 0 Å². The van der Waals surface area contributed by atoms with Gasteiger partial charge in [-0.2, -0.15) is 0 Å². The molecule has 1 saturated heterocycles. The van der Waals surface area contributed by atoms with Crippen LogP contribution in [0, 0.1) is 5.92 Å². The molecule has 0 amide bonds. The Morgan fingerprint density at radius 1 is 1.38 bits per heavy atom. The Morgan fingerprint density at radius 2 is 2.23 bits per heavy atom. The van der Waals surface area contributed by atoms with Crippen LogP contribution in [0.5, 0.6) is 0 Å². The average Bonchev–Trinajstić information content (AvgIpc) is 2.75. The van der Waals surface area contributed by atoms with E-state index in [9.17, 15) is 0 Å². The van der Waals surface area contributed by atoms with Gasteiger partial charge in [0, 0.05) is 18.7 Å². The number of hydrogen-bond donors (Lipinski definition) is 2. The third-order valence-electron chi connectivity index (χ3n) is 2.32. The van der Waals surface area contributed by atoms with Gasteiger partial charge in [0.2, 0.25) is 0 Å². The van der Waals surface area contributed by atoms with Crippen LogP contribution in [0.15, 0.2) is 11.6 Å². The van der Waals surface area contributed by atoms with E-state index in [1.807, 2.05) is 25.6 Å². The lowest BCUT2D eigenvalue weighted by molar-refractivity contribution is 0.357. The van der Waals surface area contributed by atoms with E-state index >= 15 is 0 Å². The second kappa shape index (κ2) is 6.33. The van der Waals surface area contributed by atoms with Gasteiger partial charge in [-0.15, -0.1) is 11.8 Å². The van der Waals surface area contributed by atoms with Crippen molar-refractivity contribution in [3.05, 3.63) is 11.6 Å². The molecule has 2 N–H and O–H groups in total. The average molecular weight is 200 g/mol. The highest BCUT2D eigenvalue weighted by atomic mass is 32.2. The van der Waals surface area contributed by atoms with Crippen LogP contribution in [-0.4, -0.2) is 18.5 Å². The zero-order valence-electron chi connectivity index (χ0n) is 8.55. The third-order valence-corrected chi connectivity index (χ3v) is 3.42. The first-order chi connectivity index (χ1) is 6.47. The predicted octanol–water partition coefficient (Wildman–Crippen LogP) is 2.15. The maximum atomic E-state index is 3.43. The van der Waals surface area contributed by atoms with Crippen molar-refractivity contribution in [2.45, 2.75) is 32.1 Å². The number of thioether (sulfide) groups is 1. The Labute approximate surface area is 85.6 Å². The fourth-order valence-electron chi connectivity index (χ4n) is 1.68. The fraction of sp³-hybridized carbons (Fsp3) is 0.800. The molecule has 1 fully saturated rings. The lowest BCUT2D eigenvalue weighted by atomic mass is 9.99. The van der Waals surface area contributed by atoms with Crippen LogP contribution in [0.3, 0.4) is 0 Å². The van der Waals surface area contributed by atoms with Crippen LogP contribution in [-0.2, 0) is 0 Å². The van der Waals surface area contributed by atoms with E-state index in [0.29, 0.717) is 5.37 Å². The topological polar surface area (TPSA) is 24.1 Å². The maximum absolute atomic E-state index is 3.43. The molecule has 0 aromatic rings. The van der Waals surface area contributed by atoms with Crippen LogP contribution in [0.4, 0.5) is 0 Å². The van der Waals surface area contributed by atoms with Crippen LogP contribution >= 0.6 is 11.8 Å². The van der Waals surface area contributed by atoms with Gasteiger partial charge in [-0.25, -0.2) is 0 Å². The van der Waals surface area contributed by atoms with Gasteiger partial charge in [0.15, 0.2) is 0 Å². The van der Waals surface area contributed by atoms with E-state index < -0.39 is 0 Å². The Morgan fingerprint density at radius 3 is 2.77 bits per heavy atom. The molecular weight excluding hydrogens is 180 g/mol. The largest absolute Gasteiger partial charge is 0.378 e. The number of piperidine rings is 1. The molecular formula is C10H20N2S. The van der Waals surface area contributed by atoms with Gasteiger partial charge < -0.3 is 10.6 Å². The summed E-state index contributed by atoms with van der Waals surface area (Å²) < 4.78 is 0. The van der Waals surface area contributed by atoms with Gasteiger partial charge in [-0.1, -0.05) is 13.8 Å². The molecule has 0 aliphatic carbocycles. The molecule has 76 valence electrons. The minimum atomic E-state index is 0.641. The molecule has 0 bridgehead atoms. The van der Waals surface area contributed by atoms with Crippen molar-refractivity contribution in [1.29, 1.82) is 0 Å². The van der Waals surface area contributed by atoms with Crippen molar-refractivity contribution in [1.82, 2.24) is 10.6 Å². The normalized spacial score (nSPS) is 31.8.